The predicted octanol–water partition coefficient (Wildman–Crippen LogP) is 1.37. The third-order valence-corrected chi connectivity index (χ3v) is 3.00. The molecule has 0 saturated heterocycles. The van der Waals surface area contributed by atoms with Gasteiger partial charge in [-0.1, -0.05) is 19.1 Å². The Balaban J connectivity index is 2.20. The molecule has 3 heteroatoms. The number of nitrogens with zero attached hydrogens (tertiary/aromatic N) is 2. The van der Waals surface area contributed by atoms with Gasteiger partial charge in [-0.05, 0) is 24.3 Å². The van der Waals surface area contributed by atoms with Crippen molar-refractivity contribution in [3.05, 3.63) is 35.0 Å². The minimum absolute atomic E-state index is 0.109. The molecule has 0 aliphatic carbocycles. The Hall–Kier alpha value is -0.830. The zero-order valence-electron chi connectivity index (χ0n) is 7.60. The van der Waals surface area contributed by atoms with E-state index in [0.717, 1.165) is 16.5 Å². The van der Waals surface area contributed by atoms with E-state index in [0.29, 0.717) is 0 Å². The topological polar surface area (TPSA) is 24.7 Å². The molecule has 0 bridgehead atoms. The van der Waals surface area contributed by atoms with Gasteiger partial charge in [0.2, 0.25) is 0 Å². The van der Waals surface area contributed by atoms with E-state index in [9.17, 15) is 0 Å². The second-order valence-electron chi connectivity index (χ2n) is 2.94. The molecule has 0 spiro atoms. The van der Waals surface area contributed by atoms with Gasteiger partial charge in [0.15, 0.2) is 5.50 Å². The number of rotatable bonds is 3. The molecule has 1 aromatic carbocycles. The summed E-state index contributed by atoms with van der Waals surface area (Å²) >= 11 is 1.81. The molecular formula is C10H12N2S. The van der Waals surface area contributed by atoms with Gasteiger partial charge < -0.3 is 0 Å². The molecule has 0 amide bonds. The first-order chi connectivity index (χ1) is 6.40. The lowest BCUT2D eigenvalue weighted by atomic mass is 10.3. The van der Waals surface area contributed by atoms with Crippen LogP contribution in [0, 0.1) is 0 Å². The van der Waals surface area contributed by atoms with Crippen molar-refractivity contribution in [3.63, 3.8) is 0 Å². The first-order valence-corrected chi connectivity index (χ1v) is 5.57. The van der Waals surface area contributed by atoms with Crippen LogP contribution in [0.3, 0.4) is 0 Å². The molecule has 0 atom stereocenters. The number of hydrogen-bond acceptors (Lipinski definition) is 3. The number of hydrogen-bond donors (Lipinski definition) is 0. The summed E-state index contributed by atoms with van der Waals surface area (Å²) in [6.07, 6.45) is 1.18. The van der Waals surface area contributed by atoms with Crippen LogP contribution in [0.15, 0.2) is 34.3 Å². The third kappa shape index (κ3) is 1.91. The van der Waals surface area contributed by atoms with Crippen molar-refractivity contribution in [3.8, 4) is 0 Å². The molecule has 68 valence electrons. The first kappa shape index (κ1) is 8.75. The van der Waals surface area contributed by atoms with E-state index in [4.69, 9.17) is 0 Å². The fourth-order valence-electron chi connectivity index (χ4n) is 1.25. The van der Waals surface area contributed by atoms with Gasteiger partial charge in [0.1, 0.15) is 0 Å². The largest absolute Gasteiger partial charge is 0.246 e. The summed E-state index contributed by atoms with van der Waals surface area (Å²) in [6.45, 7) is 2.18. The van der Waals surface area contributed by atoms with Crippen LogP contribution < -0.4 is 10.7 Å². The maximum atomic E-state index is 4.49. The molecule has 0 fully saturated rings. The van der Waals surface area contributed by atoms with E-state index >= 15 is 0 Å². The van der Waals surface area contributed by atoms with E-state index in [1.807, 2.05) is 36.0 Å². The summed E-state index contributed by atoms with van der Waals surface area (Å²) < 4.78 is 0. The van der Waals surface area contributed by atoms with Crippen molar-refractivity contribution in [2.24, 2.45) is 9.98 Å². The number of benzene rings is 1. The van der Waals surface area contributed by atoms with Crippen LogP contribution in [0.25, 0.3) is 0 Å². The van der Waals surface area contributed by atoms with Crippen molar-refractivity contribution in [1.82, 2.24) is 0 Å². The highest BCUT2D eigenvalue weighted by Crippen LogP contribution is 2.14. The molecule has 0 aromatic heterocycles. The van der Waals surface area contributed by atoms with Crippen LogP contribution in [0.5, 0.6) is 0 Å². The Bertz CT molecular complexity index is 365. The Morgan fingerprint density at radius 3 is 2.38 bits per heavy atom. The predicted molar refractivity (Wildman–Crippen MR) is 55.3 cm³/mol. The van der Waals surface area contributed by atoms with Crippen molar-refractivity contribution < 1.29 is 0 Å². The van der Waals surface area contributed by atoms with Crippen LogP contribution in [-0.4, -0.2) is 11.3 Å². The minimum Gasteiger partial charge on any atom is -0.246 e. The molecule has 1 heterocycles. The smallest absolute Gasteiger partial charge is 0.188 e. The molecule has 1 aromatic rings. The summed E-state index contributed by atoms with van der Waals surface area (Å²) in [5.74, 6) is 1.13. The van der Waals surface area contributed by atoms with Crippen LogP contribution >= 0.6 is 11.8 Å². The molecule has 0 saturated carbocycles. The molecular weight excluding hydrogens is 180 g/mol. The van der Waals surface area contributed by atoms with Crippen LogP contribution in [0.1, 0.15) is 13.3 Å². The van der Waals surface area contributed by atoms with Crippen LogP contribution in [-0.2, 0) is 0 Å². The van der Waals surface area contributed by atoms with E-state index in [2.05, 4.69) is 16.9 Å². The monoisotopic (exact) mass is 192 g/mol. The van der Waals surface area contributed by atoms with Gasteiger partial charge in [-0.2, -0.15) is 0 Å². The lowest BCUT2D eigenvalue weighted by Gasteiger charge is -2.00. The van der Waals surface area contributed by atoms with E-state index < -0.39 is 0 Å². The van der Waals surface area contributed by atoms with Gasteiger partial charge in [0, 0.05) is 0 Å². The average Bonchev–Trinajstić information content (AvgIpc) is 2.57. The SMILES string of the molecule is CCCSC1N=c2ccccc2=N1. The van der Waals surface area contributed by atoms with Crippen molar-refractivity contribution in [2.45, 2.75) is 18.8 Å². The quantitative estimate of drug-likeness (QED) is 0.710. The second-order valence-corrected chi connectivity index (χ2v) is 4.11. The van der Waals surface area contributed by atoms with Crippen molar-refractivity contribution in [1.29, 1.82) is 0 Å². The Kier molecular flexibility index (Phi) is 2.64. The third-order valence-electron chi connectivity index (χ3n) is 1.85. The Morgan fingerprint density at radius 1 is 1.23 bits per heavy atom. The summed E-state index contributed by atoms with van der Waals surface area (Å²) in [7, 11) is 0. The van der Waals surface area contributed by atoms with Crippen molar-refractivity contribution >= 4 is 11.8 Å². The van der Waals surface area contributed by atoms with Gasteiger partial charge in [0.05, 0.1) is 10.7 Å². The number of fused-ring (bicyclic) bond motifs is 1. The minimum atomic E-state index is 0.109. The van der Waals surface area contributed by atoms with Crippen molar-refractivity contribution in [2.75, 3.05) is 5.75 Å². The summed E-state index contributed by atoms with van der Waals surface area (Å²) in [6, 6.07) is 8.05. The van der Waals surface area contributed by atoms with Crippen LogP contribution in [0.4, 0.5) is 0 Å². The van der Waals surface area contributed by atoms with Crippen LogP contribution in [0.2, 0.25) is 0 Å². The highest BCUT2D eigenvalue weighted by Gasteiger charge is 2.08. The molecule has 1 aliphatic heterocycles. The highest BCUT2D eigenvalue weighted by molar-refractivity contribution is 7.99. The zero-order chi connectivity index (χ0) is 9.10. The number of para-hydroxylation sites is 2. The van der Waals surface area contributed by atoms with Gasteiger partial charge in [-0.3, -0.25) is 0 Å². The first-order valence-electron chi connectivity index (χ1n) is 4.52. The molecule has 0 radical (unpaired) electrons. The molecule has 2 nitrogen and oxygen atoms in total. The maximum absolute atomic E-state index is 4.49. The molecule has 13 heavy (non-hydrogen) atoms. The highest BCUT2D eigenvalue weighted by atomic mass is 32.2. The van der Waals surface area contributed by atoms with Gasteiger partial charge in [-0.15, -0.1) is 11.8 Å². The number of thioether (sulfide) groups is 1. The molecule has 1 aliphatic rings. The normalized spacial score (nSPS) is 14.8. The zero-order valence-corrected chi connectivity index (χ0v) is 8.42. The lowest BCUT2D eigenvalue weighted by Crippen LogP contribution is -2.19. The fourth-order valence-corrected chi connectivity index (χ4v) is 2.07. The molecule has 0 N–H and O–H groups in total. The molecule has 0 unspecified atom stereocenters. The van der Waals surface area contributed by atoms with E-state index in [1.165, 1.54) is 6.42 Å². The molecule has 2 rings (SSSR count). The van der Waals surface area contributed by atoms with Gasteiger partial charge >= 0.3 is 0 Å². The summed E-state index contributed by atoms with van der Waals surface area (Å²) in [5, 5.41) is 2.08. The summed E-state index contributed by atoms with van der Waals surface area (Å²) in [5.41, 5.74) is 0.109. The Morgan fingerprint density at radius 2 is 1.85 bits per heavy atom. The fraction of sp³-hybridized carbons (Fsp3) is 0.400. The summed E-state index contributed by atoms with van der Waals surface area (Å²) in [4.78, 5) is 8.97. The maximum Gasteiger partial charge on any atom is 0.188 e. The Labute approximate surface area is 81.8 Å². The lowest BCUT2D eigenvalue weighted by molar-refractivity contribution is 0.967. The van der Waals surface area contributed by atoms with Gasteiger partial charge in [0.25, 0.3) is 0 Å². The average molecular weight is 192 g/mol. The van der Waals surface area contributed by atoms with E-state index in [-0.39, 0.29) is 5.50 Å². The second kappa shape index (κ2) is 3.92. The standard InChI is InChI=1S/C10H12N2S/c1-2-7-13-10-11-8-5-3-4-6-9(8)12-10/h3-6,10H,2,7H2,1H3. The van der Waals surface area contributed by atoms with E-state index in [1.54, 1.807) is 0 Å². The van der Waals surface area contributed by atoms with Gasteiger partial charge in [-0.25, -0.2) is 9.98 Å².